The van der Waals surface area contributed by atoms with Crippen LogP contribution in [0.2, 0.25) is 0 Å². The van der Waals surface area contributed by atoms with E-state index in [1.807, 2.05) is 24.3 Å². The van der Waals surface area contributed by atoms with Gasteiger partial charge in [-0.05, 0) is 11.1 Å². The molecule has 1 heterocycles. The number of halogens is 1. The number of nitrogens with zero attached hydrogens (tertiary/aromatic N) is 2. The summed E-state index contributed by atoms with van der Waals surface area (Å²) in [4.78, 5) is 11.5. The van der Waals surface area contributed by atoms with Gasteiger partial charge in [0.1, 0.15) is 5.16 Å². The van der Waals surface area contributed by atoms with Crippen molar-refractivity contribution in [1.29, 1.82) is 5.26 Å². The van der Waals surface area contributed by atoms with Crippen LogP contribution in [0.25, 0.3) is 5.57 Å². The predicted molar refractivity (Wildman–Crippen MR) is 69.1 cm³/mol. The molecule has 18 heavy (non-hydrogen) atoms. The summed E-state index contributed by atoms with van der Waals surface area (Å²) in [6.07, 6.45) is 0.647. The number of hydrogen-bond acceptors (Lipinski definition) is 3. The minimum absolute atomic E-state index is 0.0852. The Morgan fingerprint density at radius 1 is 1.44 bits per heavy atom. The summed E-state index contributed by atoms with van der Waals surface area (Å²) in [6.45, 7) is 0. The summed E-state index contributed by atoms with van der Waals surface area (Å²) in [5, 5.41) is 10.6. The quantitative estimate of drug-likeness (QED) is 0.829. The van der Waals surface area contributed by atoms with Crippen molar-refractivity contribution < 1.29 is 4.79 Å². The van der Waals surface area contributed by atoms with Gasteiger partial charge >= 0.3 is 0 Å². The van der Waals surface area contributed by atoms with Gasteiger partial charge in [0, 0.05) is 12.6 Å². The highest BCUT2D eigenvalue weighted by Gasteiger charge is 2.21. The molecule has 0 radical (unpaired) electrons. The summed E-state index contributed by atoms with van der Waals surface area (Å²) in [5.41, 5.74) is 5.28. The lowest BCUT2D eigenvalue weighted by Crippen LogP contribution is -2.41. The van der Waals surface area contributed by atoms with Crippen molar-refractivity contribution in [2.45, 2.75) is 12.8 Å². The molecule has 0 aromatic heterocycles. The van der Waals surface area contributed by atoms with Crippen LogP contribution >= 0.6 is 11.6 Å². The van der Waals surface area contributed by atoms with Crippen molar-refractivity contribution in [3.05, 3.63) is 40.5 Å². The summed E-state index contributed by atoms with van der Waals surface area (Å²) in [6, 6.07) is 9.62. The molecular weight excluding hydrogens is 250 g/mol. The minimum Gasteiger partial charge on any atom is -0.277 e. The van der Waals surface area contributed by atoms with Crippen molar-refractivity contribution in [3.63, 3.8) is 0 Å². The maximum atomic E-state index is 11.5. The molecule has 1 aliphatic rings. The Balaban J connectivity index is 2.33. The highest BCUT2D eigenvalue weighted by molar-refractivity contribution is 6.33. The molecule has 0 fully saturated rings. The van der Waals surface area contributed by atoms with Crippen LogP contribution < -0.4 is 5.43 Å². The van der Waals surface area contributed by atoms with Gasteiger partial charge in [0.05, 0.1) is 18.9 Å². The van der Waals surface area contributed by atoms with Crippen LogP contribution in [-0.4, -0.2) is 18.0 Å². The van der Waals surface area contributed by atoms with Crippen LogP contribution in [0, 0.1) is 11.3 Å². The summed E-state index contributed by atoms with van der Waals surface area (Å²) in [7, 11) is 1.70. The van der Waals surface area contributed by atoms with Crippen LogP contribution in [0.5, 0.6) is 0 Å². The standard InChI is InChI=1S/C13H12ClN3O/c1-17-13(14)11(8-12(18)16-17)10-4-2-9(3-5-10)6-7-15/h2-5H,6,8H2,1H3,(H,16,18). The molecule has 4 nitrogen and oxygen atoms in total. The second kappa shape index (κ2) is 5.11. The van der Waals surface area contributed by atoms with Gasteiger partial charge in [-0.15, -0.1) is 0 Å². The molecular formula is C13H12ClN3O. The van der Waals surface area contributed by atoms with Crippen LogP contribution in [0.1, 0.15) is 17.5 Å². The fourth-order valence-electron chi connectivity index (χ4n) is 1.85. The Labute approximate surface area is 110 Å². The van der Waals surface area contributed by atoms with E-state index in [4.69, 9.17) is 16.9 Å². The zero-order valence-electron chi connectivity index (χ0n) is 9.90. The maximum Gasteiger partial charge on any atom is 0.243 e. The number of carbonyl (C=O) groups excluding carboxylic acids is 1. The second-order valence-electron chi connectivity index (χ2n) is 4.07. The Morgan fingerprint density at radius 2 is 2.11 bits per heavy atom. The zero-order chi connectivity index (χ0) is 13.1. The third-order valence-electron chi connectivity index (χ3n) is 2.76. The lowest BCUT2D eigenvalue weighted by atomic mass is 10.0. The first kappa shape index (κ1) is 12.5. The summed E-state index contributed by atoms with van der Waals surface area (Å²) in [5.74, 6) is -0.0852. The van der Waals surface area contributed by atoms with E-state index in [0.717, 1.165) is 16.7 Å². The van der Waals surface area contributed by atoms with Crippen LogP contribution in [0.4, 0.5) is 0 Å². The molecule has 0 bridgehead atoms. The molecule has 0 saturated carbocycles. The maximum absolute atomic E-state index is 11.5. The SMILES string of the molecule is CN1NC(=O)CC(c2ccc(CC#N)cc2)=C1Cl. The van der Waals surface area contributed by atoms with Gasteiger partial charge in [-0.2, -0.15) is 5.26 Å². The molecule has 2 rings (SSSR count). The Hall–Kier alpha value is -1.99. The van der Waals surface area contributed by atoms with Crippen molar-refractivity contribution in [2.75, 3.05) is 7.05 Å². The van der Waals surface area contributed by atoms with Gasteiger partial charge in [-0.1, -0.05) is 35.9 Å². The molecule has 5 heteroatoms. The Kier molecular flexibility index (Phi) is 3.54. The van der Waals surface area contributed by atoms with E-state index in [9.17, 15) is 4.79 Å². The molecule has 1 N–H and O–H groups in total. The van der Waals surface area contributed by atoms with E-state index in [0.29, 0.717) is 11.6 Å². The largest absolute Gasteiger partial charge is 0.277 e. The number of hydrazine groups is 1. The molecule has 0 spiro atoms. The molecule has 0 atom stereocenters. The predicted octanol–water partition coefficient (Wildman–Crippen LogP) is 2.03. The van der Waals surface area contributed by atoms with Crippen LogP contribution in [0.15, 0.2) is 29.4 Å². The van der Waals surface area contributed by atoms with Gasteiger partial charge in [-0.3, -0.25) is 15.2 Å². The molecule has 1 aromatic rings. The number of hydrogen-bond donors (Lipinski definition) is 1. The van der Waals surface area contributed by atoms with Crippen LogP contribution in [0.3, 0.4) is 0 Å². The van der Waals surface area contributed by atoms with Crippen molar-refractivity contribution >= 4 is 23.1 Å². The van der Waals surface area contributed by atoms with Gasteiger partial charge < -0.3 is 0 Å². The van der Waals surface area contributed by atoms with Crippen molar-refractivity contribution in [2.24, 2.45) is 0 Å². The van der Waals surface area contributed by atoms with Crippen molar-refractivity contribution in [3.8, 4) is 6.07 Å². The van der Waals surface area contributed by atoms with E-state index in [2.05, 4.69) is 11.5 Å². The number of nitrogens with one attached hydrogen (secondary N) is 1. The first-order valence-corrected chi connectivity index (χ1v) is 5.87. The highest BCUT2D eigenvalue weighted by atomic mass is 35.5. The lowest BCUT2D eigenvalue weighted by Gasteiger charge is -2.27. The average molecular weight is 262 g/mol. The van der Waals surface area contributed by atoms with Gasteiger partial charge in [0.25, 0.3) is 0 Å². The second-order valence-corrected chi connectivity index (χ2v) is 4.43. The smallest absolute Gasteiger partial charge is 0.243 e. The first-order chi connectivity index (χ1) is 8.61. The number of benzene rings is 1. The first-order valence-electron chi connectivity index (χ1n) is 5.50. The van der Waals surface area contributed by atoms with E-state index in [-0.39, 0.29) is 12.3 Å². The molecule has 1 aromatic carbocycles. The fraction of sp³-hybridized carbons (Fsp3) is 0.231. The van der Waals surface area contributed by atoms with Crippen LogP contribution in [-0.2, 0) is 11.2 Å². The van der Waals surface area contributed by atoms with Gasteiger partial charge in [0.15, 0.2) is 0 Å². The number of nitriles is 1. The molecule has 0 saturated heterocycles. The lowest BCUT2D eigenvalue weighted by molar-refractivity contribution is -0.124. The minimum atomic E-state index is -0.0852. The molecule has 0 unspecified atom stereocenters. The molecule has 0 aliphatic carbocycles. The Bertz CT molecular complexity index is 542. The van der Waals surface area contributed by atoms with E-state index in [1.165, 1.54) is 5.01 Å². The third-order valence-corrected chi connectivity index (χ3v) is 3.24. The number of carbonyl (C=O) groups is 1. The third kappa shape index (κ3) is 2.47. The number of rotatable bonds is 2. The Morgan fingerprint density at radius 3 is 2.72 bits per heavy atom. The molecule has 1 aliphatic heterocycles. The number of amides is 1. The van der Waals surface area contributed by atoms with E-state index in [1.54, 1.807) is 7.05 Å². The molecule has 1 amide bonds. The van der Waals surface area contributed by atoms with E-state index >= 15 is 0 Å². The average Bonchev–Trinajstić information content (AvgIpc) is 2.35. The summed E-state index contributed by atoms with van der Waals surface area (Å²) >= 11 is 6.17. The van der Waals surface area contributed by atoms with Gasteiger partial charge in [0.2, 0.25) is 5.91 Å². The monoisotopic (exact) mass is 261 g/mol. The normalized spacial score (nSPS) is 15.4. The highest BCUT2D eigenvalue weighted by Crippen LogP contribution is 2.28. The molecule has 92 valence electrons. The van der Waals surface area contributed by atoms with Crippen molar-refractivity contribution in [1.82, 2.24) is 10.4 Å². The van der Waals surface area contributed by atoms with E-state index < -0.39 is 0 Å². The zero-order valence-corrected chi connectivity index (χ0v) is 10.7. The summed E-state index contributed by atoms with van der Waals surface area (Å²) < 4.78 is 0. The topological polar surface area (TPSA) is 56.1 Å². The fourth-order valence-corrected chi connectivity index (χ4v) is 2.07. The van der Waals surface area contributed by atoms with Gasteiger partial charge in [-0.25, -0.2) is 0 Å².